The summed E-state index contributed by atoms with van der Waals surface area (Å²) >= 11 is 0. The Labute approximate surface area is 81.8 Å². The van der Waals surface area contributed by atoms with Crippen molar-refractivity contribution >= 4 is 12.0 Å². The van der Waals surface area contributed by atoms with Crippen LogP contribution in [0.25, 0.3) is 0 Å². The second-order valence-electron chi connectivity index (χ2n) is 3.30. The van der Waals surface area contributed by atoms with Gasteiger partial charge in [0.15, 0.2) is 0 Å². The van der Waals surface area contributed by atoms with Gasteiger partial charge in [-0.05, 0) is 19.3 Å². The molecule has 0 bridgehead atoms. The van der Waals surface area contributed by atoms with Crippen LogP contribution in [0.2, 0.25) is 0 Å². The van der Waals surface area contributed by atoms with Crippen LogP contribution in [0.4, 0.5) is 12.0 Å². The van der Waals surface area contributed by atoms with Crippen LogP contribution in [0.5, 0.6) is 0 Å². The van der Waals surface area contributed by atoms with Gasteiger partial charge in [-0.2, -0.15) is 0 Å². The summed E-state index contributed by atoms with van der Waals surface area (Å²) in [7, 11) is 0. The zero-order valence-electron chi connectivity index (χ0n) is 7.90. The highest BCUT2D eigenvalue weighted by atomic mass is 16.5. The van der Waals surface area contributed by atoms with Gasteiger partial charge >= 0.3 is 12.0 Å². The van der Waals surface area contributed by atoms with Crippen LogP contribution in [0.15, 0.2) is 4.42 Å². The molecule has 0 aromatic carbocycles. The van der Waals surface area contributed by atoms with Gasteiger partial charge < -0.3 is 20.2 Å². The number of rotatable bonds is 4. The van der Waals surface area contributed by atoms with E-state index in [4.69, 9.17) is 14.9 Å². The highest BCUT2D eigenvalue weighted by Gasteiger charge is 2.14. The van der Waals surface area contributed by atoms with Crippen LogP contribution in [0.1, 0.15) is 19.3 Å². The highest BCUT2D eigenvalue weighted by Crippen LogP contribution is 2.15. The van der Waals surface area contributed by atoms with Crippen LogP contribution in [0, 0.1) is 0 Å². The van der Waals surface area contributed by atoms with Crippen molar-refractivity contribution in [3.8, 4) is 0 Å². The Bertz CT molecular complexity index is 283. The average molecular weight is 198 g/mol. The van der Waals surface area contributed by atoms with E-state index in [1.807, 2.05) is 0 Å². The van der Waals surface area contributed by atoms with Gasteiger partial charge in [-0.3, -0.25) is 0 Å². The van der Waals surface area contributed by atoms with Gasteiger partial charge in [-0.25, -0.2) is 0 Å². The monoisotopic (exact) mass is 198 g/mol. The van der Waals surface area contributed by atoms with Crippen molar-refractivity contribution < 1.29 is 9.15 Å². The van der Waals surface area contributed by atoms with Gasteiger partial charge in [-0.1, -0.05) is 10.2 Å². The summed E-state index contributed by atoms with van der Waals surface area (Å²) in [5.74, 6) is 0. The second kappa shape index (κ2) is 4.28. The fourth-order valence-electron chi connectivity index (χ4n) is 1.52. The largest absolute Gasteiger partial charge is 0.390 e. The number of anilines is 2. The molecule has 6 heteroatoms. The third kappa shape index (κ3) is 2.35. The summed E-state index contributed by atoms with van der Waals surface area (Å²) in [6, 6.07) is 0.463. The summed E-state index contributed by atoms with van der Waals surface area (Å²) in [6.07, 6.45) is 3.65. The lowest BCUT2D eigenvalue weighted by molar-refractivity contribution is 0.107. The lowest BCUT2D eigenvalue weighted by Crippen LogP contribution is -2.12. The zero-order chi connectivity index (χ0) is 9.80. The van der Waals surface area contributed by atoms with E-state index in [9.17, 15) is 0 Å². The fourth-order valence-corrected chi connectivity index (χ4v) is 1.52. The van der Waals surface area contributed by atoms with Crippen molar-refractivity contribution in [2.45, 2.75) is 25.4 Å². The number of nitrogens with two attached hydrogens (primary N) is 1. The maximum atomic E-state index is 5.46. The van der Waals surface area contributed by atoms with E-state index < -0.39 is 0 Å². The number of hydrogen-bond acceptors (Lipinski definition) is 6. The second-order valence-corrected chi connectivity index (χ2v) is 3.30. The van der Waals surface area contributed by atoms with Crippen molar-refractivity contribution in [1.82, 2.24) is 10.2 Å². The molecule has 1 aromatic rings. The molecule has 1 aliphatic rings. The molecule has 2 heterocycles. The van der Waals surface area contributed by atoms with E-state index in [-0.39, 0.29) is 6.01 Å². The zero-order valence-corrected chi connectivity index (χ0v) is 7.90. The van der Waals surface area contributed by atoms with Crippen molar-refractivity contribution in [2.24, 2.45) is 0 Å². The first-order valence-corrected chi connectivity index (χ1v) is 4.79. The molecule has 78 valence electrons. The van der Waals surface area contributed by atoms with Crippen molar-refractivity contribution in [3.05, 3.63) is 0 Å². The number of nitrogens with one attached hydrogen (secondary N) is 1. The van der Waals surface area contributed by atoms with E-state index in [2.05, 4.69) is 15.5 Å². The lowest BCUT2D eigenvalue weighted by Gasteiger charge is -2.07. The summed E-state index contributed by atoms with van der Waals surface area (Å²) in [6.45, 7) is 1.66. The molecule has 2 rings (SSSR count). The number of ether oxygens (including phenoxy) is 1. The molecule has 0 radical (unpaired) electrons. The average Bonchev–Trinajstić information content (AvgIpc) is 2.77. The topological polar surface area (TPSA) is 86.2 Å². The van der Waals surface area contributed by atoms with E-state index in [1.54, 1.807) is 0 Å². The molecule has 1 aromatic heterocycles. The molecule has 3 N–H and O–H groups in total. The highest BCUT2D eigenvalue weighted by molar-refractivity contribution is 5.22. The van der Waals surface area contributed by atoms with Crippen LogP contribution in [-0.2, 0) is 4.74 Å². The molecular weight excluding hydrogens is 184 g/mol. The number of hydrogen-bond donors (Lipinski definition) is 2. The Hall–Kier alpha value is -1.30. The Morgan fingerprint density at radius 2 is 2.43 bits per heavy atom. The van der Waals surface area contributed by atoms with Crippen LogP contribution in [0.3, 0.4) is 0 Å². The Morgan fingerprint density at radius 3 is 3.07 bits per heavy atom. The minimum absolute atomic E-state index is 0.0876. The summed E-state index contributed by atoms with van der Waals surface area (Å²) in [4.78, 5) is 0. The number of nitrogens with zero attached hydrogens (tertiary/aromatic N) is 2. The molecule has 0 saturated carbocycles. The standard InChI is InChI=1S/C8H14N4O2/c9-7-11-12-8(14-7)10-4-3-6-2-1-5-13-6/h6H,1-5H2,(H2,9,11)(H,10,12). The molecule has 1 saturated heterocycles. The molecule has 0 spiro atoms. The van der Waals surface area contributed by atoms with Crippen LogP contribution >= 0.6 is 0 Å². The Morgan fingerprint density at radius 1 is 1.50 bits per heavy atom. The SMILES string of the molecule is Nc1nnc(NCCC2CCCO2)o1. The third-order valence-corrected chi connectivity index (χ3v) is 2.21. The smallest absolute Gasteiger partial charge is 0.316 e. The van der Waals surface area contributed by atoms with Crippen molar-refractivity contribution in [2.75, 3.05) is 24.2 Å². The predicted molar refractivity (Wildman–Crippen MR) is 50.8 cm³/mol. The van der Waals surface area contributed by atoms with Gasteiger partial charge in [-0.15, -0.1) is 0 Å². The minimum atomic E-state index is 0.0876. The Balaban J connectivity index is 1.67. The molecule has 6 nitrogen and oxygen atoms in total. The number of nitrogen functional groups attached to an aromatic ring is 1. The maximum absolute atomic E-state index is 5.46. The Kier molecular flexibility index (Phi) is 2.83. The minimum Gasteiger partial charge on any atom is -0.390 e. The normalized spacial score (nSPS) is 21.3. The summed E-state index contributed by atoms with van der Waals surface area (Å²) in [5.41, 5.74) is 5.27. The molecule has 0 amide bonds. The molecule has 14 heavy (non-hydrogen) atoms. The lowest BCUT2D eigenvalue weighted by atomic mass is 10.2. The quantitative estimate of drug-likeness (QED) is 0.738. The first-order valence-electron chi connectivity index (χ1n) is 4.79. The molecule has 1 aliphatic heterocycles. The molecule has 1 unspecified atom stereocenters. The van der Waals surface area contributed by atoms with Gasteiger partial charge in [0, 0.05) is 13.2 Å². The van der Waals surface area contributed by atoms with Gasteiger partial charge in [0.1, 0.15) is 0 Å². The third-order valence-electron chi connectivity index (χ3n) is 2.21. The first kappa shape index (κ1) is 9.26. The van der Waals surface area contributed by atoms with Crippen molar-refractivity contribution in [1.29, 1.82) is 0 Å². The molecule has 1 atom stereocenters. The summed E-state index contributed by atoms with van der Waals surface area (Å²) in [5, 5.41) is 10.2. The van der Waals surface area contributed by atoms with E-state index in [0.717, 1.165) is 32.4 Å². The first-order chi connectivity index (χ1) is 6.84. The maximum Gasteiger partial charge on any atom is 0.316 e. The van der Waals surface area contributed by atoms with E-state index in [1.165, 1.54) is 0 Å². The van der Waals surface area contributed by atoms with Gasteiger partial charge in [0.2, 0.25) is 0 Å². The summed E-state index contributed by atoms with van der Waals surface area (Å²) < 4.78 is 10.4. The van der Waals surface area contributed by atoms with Crippen LogP contribution in [-0.4, -0.2) is 29.5 Å². The fraction of sp³-hybridized carbons (Fsp3) is 0.750. The van der Waals surface area contributed by atoms with Gasteiger partial charge in [0.25, 0.3) is 0 Å². The predicted octanol–water partition coefficient (Wildman–Crippen LogP) is 0.633. The molecular formula is C8H14N4O2. The van der Waals surface area contributed by atoms with E-state index >= 15 is 0 Å². The van der Waals surface area contributed by atoms with Gasteiger partial charge in [0.05, 0.1) is 6.10 Å². The van der Waals surface area contributed by atoms with E-state index in [0.29, 0.717) is 12.1 Å². The van der Waals surface area contributed by atoms with Crippen LogP contribution < -0.4 is 11.1 Å². The molecule has 1 fully saturated rings. The molecule has 0 aliphatic carbocycles. The number of aromatic nitrogens is 2. The van der Waals surface area contributed by atoms with Crippen molar-refractivity contribution in [3.63, 3.8) is 0 Å².